The van der Waals surface area contributed by atoms with Crippen LogP contribution >= 0.6 is 0 Å². The van der Waals surface area contributed by atoms with Crippen LogP contribution in [0.3, 0.4) is 0 Å². The molecule has 1 aromatic carbocycles. The fourth-order valence-electron chi connectivity index (χ4n) is 4.03. The highest BCUT2D eigenvalue weighted by Gasteiger charge is 2.23. The van der Waals surface area contributed by atoms with Crippen molar-refractivity contribution in [2.45, 2.75) is 45.1 Å². The molecule has 3 rings (SSSR count). The number of carbonyl (C=O) groups excluding carboxylic acids is 1. The Morgan fingerprint density at radius 1 is 1.12 bits per heavy atom. The van der Waals surface area contributed by atoms with Gasteiger partial charge in [-0.3, -0.25) is 14.6 Å². The third-order valence-corrected chi connectivity index (χ3v) is 5.64. The molecule has 5 heteroatoms. The molecule has 0 unspecified atom stereocenters. The van der Waals surface area contributed by atoms with Gasteiger partial charge < -0.3 is 10.1 Å². The molecule has 1 N–H and O–H groups in total. The topological polar surface area (TPSA) is 44.8 Å². The molecular formula is C21H33N3O2. The summed E-state index contributed by atoms with van der Waals surface area (Å²) in [6.07, 6.45) is 6.38. The van der Waals surface area contributed by atoms with Gasteiger partial charge >= 0.3 is 0 Å². The number of benzene rings is 1. The molecule has 2 aliphatic heterocycles. The molecule has 0 spiro atoms. The average Bonchev–Trinajstić information content (AvgIpc) is 3.15. The van der Waals surface area contributed by atoms with Crippen LogP contribution in [0.1, 0.15) is 49.4 Å². The van der Waals surface area contributed by atoms with Crippen molar-refractivity contribution in [3.05, 3.63) is 29.8 Å². The number of rotatable bonds is 8. The molecule has 1 atom stereocenters. The zero-order valence-corrected chi connectivity index (χ0v) is 16.1. The van der Waals surface area contributed by atoms with Crippen LogP contribution in [0.2, 0.25) is 0 Å². The highest BCUT2D eigenvalue weighted by Crippen LogP contribution is 2.16. The van der Waals surface area contributed by atoms with E-state index in [4.69, 9.17) is 4.74 Å². The summed E-state index contributed by atoms with van der Waals surface area (Å²) in [6, 6.07) is 8.01. The van der Waals surface area contributed by atoms with Crippen molar-refractivity contribution in [2.75, 3.05) is 45.9 Å². The van der Waals surface area contributed by atoms with E-state index >= 15 is 0 Å². The van der Waals surface area contributed by atoms with E-state index in [0.29, 0.717) is 18.2 Å². The number of likely N-dealkylation sites (N-methyl/N-ethyl adjacent to an activating group) is 1. The van der Waals surface area contributed by atoms with Gasteiger partial charge in [-0.15, -0.1) is 0 Å². The lowest BCUT2D eigenvalue weighted by atomic mass is 10.1. The molecule has 5 nitrogen and oxygen atoms in total. The Hall–Kier alpha value is -1.59. The van der Waals surface area contributed by atoms with E-state index in [9.17, 15) is 4.79 Å². The minimum Gasteiger partial charge on any atom is -0.492 e. The standard InChI is InChI=1S/C21H33N3O2/c1-2-24-14-6-7-19(24)17-22-21(25)18-8-10-20(11-9-18)26-16-15-23-12-4-3-5-13-23/h8-11,19H,2-7,12-17H2,1H3,(H,22,25)/t19-/m0/s1. The van der Waals surface area contributed by atoms with Crippen LogP contribution in [0.5, 0.6) is 5.75 Å². The van der Waals surface area contributed by atoms with Crippen molar-refractivity contribution in [3.63, 3.8) is 0 Å². The van der Waals surface area contributed by atoms with Crippen molar-refractivity contribution >= 4 is 5.91 Å². The molecule has 2 aliphatic rings. The van der Waals surface area contributed by atoms with Crippen LogP contribution in [0.4, 0.5) is 0 Å². The third-order valence-electron chi connectivity index (χ3n) is 5.64. The minimum atomic E-state index is 0.00724. The molecule has 2 heterocycles. The van der Waals surface area contributed by atoms with Crippen molar-refractivity contribution < 1.29 is 9.53 Å². The van der Waals surface area contributed by atoms with Gasteiger partial charge in [0.05, 0.1) is 0 Å². The molecule has 0 bridgehead atoms. The van der Waals surface area contributed by atoms with Gasteiger partial charge in [0, 0.05) is 24.7 Å². The van der Waals surface area contributed by atoms with Gasteiger partial charge in [-0.2, -0.15) is 0 Å². The van der Waals surface area contributed by atoms with Gasteiger partial charge in [0.2, 0.25) is 0 Å². The van der Waals surface area contributed by atoms with Crippen LogP contribution in [-0.4, -0.2) is 67.6 Å². The fraction of sp³-hybridized carbons (Fsp3) is 0.667. The Morgan fingerprint density at radius 3 is 2.62 bits per heavy atom. The largest absolute Gasteiger partial charge is 0.492 e. The number of hydrogen-bond donors (Lipinski definition) is 1. The summed E-state index contributed by atoms with van der Waals surface area (Å²) in [5.74, 6) is 0.847. The Bertz CT molecular complexity index is 555. The van der Waals surface area contributed by atoms with Gasteiger partial charge in [-0.25, -0.2) is 0 Å². The zero-order valence-electron chi connectivity index (χ0n) is 16.1. The van der Waals surface area contributed by atoms with E-state index in [-0.39, 0.29) is 5.91 Å². The van der Waals surface area contributed by atoms with Crippen LogP contribution in [-0.2, 0) is 0 Å². The first-order valence-corrected chi connectivity index (χ1v) is 10.2. The number of likely N-dealkylation sites (tertiary alicyclic amines) is 2. The Kier molecular flexibility index (Phi) is 7.32. The van der Waals surface area contributed by atoms with Gasteiger partial charge in [-0.1, -0.05) is 13.3 Å². The lowest BCUT2D eigenvalue weighted by molar-refractivity contribution is 0.0941. The fourth-order valence-corrected chi connectivity index (χ4v) is 4.03. The Morgan fingerprint density at radius 2 is 1.88 bits per heavy atom. The van der Waals surface area contributed by atoms with Crippen molar-refractivity contribution in [1.82, 2.24) is 15.1 Å². The molecule has 2 fully saturated rings. The highest BCUT2D eigenvalue weighted by atomic mass is 16.5. The second-order valence-electron chi connectivity index (χ2n) is 7.41. The summed E-state index contributed by atoms with van der Waals surface area (Å²) in [5.41, 5.74) is 0.703. The lowest BCUT2D eigenvalue weighted by Gasteiger charge is -2.26. The second kappa shape index (κ2) is 9.93. The van der Waals surface area contributed by atoms with Crippen LogP contribution in [0, 0.1) is 0 Å². The minimum absolute atomic E-state index is 0.00724. The SMILES string of the molecule is CCN1CCC[C@H]1CNC(=O)c1ccc(OCCN2CCCCC2)cc1. The summed E-state index contributed by atoms with van der Waals surface area (Å²) in [5, 5.41) is 3.08. The predicted octanol–water partition coefficient (Wildman–Crippen LogP) is 2.77. The first kappa shape index (κ1) is 19.2. The van der Waals surface area contributed by atoms with Crippen LogP contribution in [0.15, 0.2) is 24.3 Å². The number of amides is 1. The summed E-state index contributed by atoms with van der Waals surface area (Å²) < 4.78 is 5.83. The first-order valence-electron chi connectivity index (χ1n) is 10.2. The molecule has 0 saturated carbocycles. The lowest BCUT2D eigenvalue weighted by Crippen LogP contribution is -2.40. The third kappa shape index (κ3) is 5.45. The number of carbonyl (C=O) groups is 1. The molecule has 2 saturated heterocycles. The molecule has 0 radical (unpaired) electrons. The molecule has 26 heavy (non-hydrogen) atoms. The van der Waals surface area contributed by atoms with Crippen molar-refractivity contribution in [3.8, 4) is 5.75 Å². The van der Waals surface area contributed by atoms with E-state index in [1.165, 1.54) is 45.2 Å². The maximum atomic E-state index is 12.4. The van der Waals surface area contributed by atoms with E-state index < -0.39 is 0 Å². The number of ether oxygens (including phenoxy) is 1. The normalized spacial score (nSPS) is 21.7. The summed E-state index contributed by atoms with van der Waals surface area (Å²) >= 11 is 0. The quantitative estimate of drug-likeness (QED) is 0.775. The van der Waals surface area contributed by atoms with Crippen molar-refractivity contribution in [2.24, 2.45) is 0 Å². The molecule has 0 aliphatic carbocycles. The zero-order chi connectivity index (χ0) is 18.2. The van der Waals surface area contributed by atoms with Gasteiger partial charge in [-0.05, 0) is 76.1 Å². The van der Waals surface area contributed by atoms with Gasteiger partial charge in [0.1, 0.15) is 12.4 Å². The molecular weight excluding hydrogens is 326 g/mol. The van der Waals surface area contributed by atoms with E-state index in [1.807, 2.05) is 24.3 Å². The monoisotopic (exact) mass is 359 g/mol. The van der Waals surface area contributed by atoms with E-state index in [2.05, 4.69) is 22.0 Å². The molecule has 1 amide bonds. The van der Waals surface area contributed by atoms with Gasteiger partial charge in [0.25, 0.3) is 5.91 Å². The maximum absolute atomic E-state index is 12.4. The summed E-state index contributed by atoms with van der Waals surface area (Å²) in [7, 11) is 0. The average molecular weight is 360 g/mol. The van der Waals surface area contributed by atoms with E-state index in [1.54, 1.807) is 0 Å². The number of piperidine rings is 1. The Labute approximate surface area is 157 Å². The number of nitrogens with one attached hydrogen (secondary N) is 1. The molecule has 144 valence electrons. The summed E-state index contributed by atoms with van der Waals surface area (Å²) in [6.45, 7) is 9.21. The predicted molar refractivity (Wildman–Crippen MR) is 105 cm³/mol. The smallest absolute Gasteiger partial charge is 0.251 e. The van der Waals surface area contributed by atoms with E-state index in [0.717, 1.165) is 31.9 Å². The van der Waals surface area contributed by atoms with Crippen molar-refractivity contribution in [1.29, 1.82) is 0 Å². The van der Waals surface area contributed by atoms with Crippen LogP contribution in [0.25, 0.3) is 0 Å². The highest BCUT2D eigenvalue weighted by molar-refractivity contribution is 5.94. The molecule has 1 aromatic rings. The molecule has 0 aromatic heterocycles. The first-order chi connectivity index (χ1) is 12.8. The van der Waals surface area contributed by atoms with Crippen LogP contribution < -0.4 is 10.1 Å². The van der Waals surface area contributed by atoms with Gasteiger partial charge in [0.15, 0.2) is 0 Å². The number of hydrogen-bond acceptors (Lipinski definition) is 4. The number of nitrogens with zero attached hydrogens (tertiary/aromatic N) is 2. The summed E-state index contributed by atoms with van der Waals surface area (Å²) in [4.78, 5) is 17.3. The maximum Gasteiger partial charge on any atom is 0.251 e. The second-order valence-corrected chi connectivity index (χ2v) is 7.41. The Balaban J connectivity index is 1.39.